The molecule has 13 heteroatoms. The smallest absolute Gasteiger partial charge is 0.493 e. The molecule has 0 spiro atoms. The Morgan fingerprint density at radius 3 is 2.30 bits per heavy atom. The molecule has 2 heterocycles. The quantitative estimate of drug-likeness (QED) is 0.107. The van der Waals surface area contributed by atoms with Crippen molar-refractivity contribution >= 4 is 16.9 Å². The molecule has 0 radical (unpaired) electrons. The van der Waals surface area contributed by atoms with E-state index in [9.17, 15) is 31.1 Å². The molecule has 37 heavy (non-hydrogen) atoms. The minimum atomic E-state index is -5.36. The van der Waals surface area contributed by atoms with Gasteiger partial charge in [-0.15, -0.1) is 8.78 Å². The van der Waals surface area contributed by atoms with Crippen molar-refractivity contribution in [1.29, 1.82) is 0 Å². The fourth-order valence-electron chi connectivity index (χ4n) is 2.90. The molecular weight excluding hydrogens is 512 g/mol. The van der Waals surface area contributed by atoms with Gasteiger partial charge in [-0.25, -0.2) is 14.3 Å². The molecule has 3 aromatic rings. The zero-order chi connectivity index (χ0) is 27.3. The molecule has 0 aliphatic carbocycles. The minimum absolute atomic E-state index is 0.0919. The number of esters is 1. The molecule has 0 fully saturated rings. The molecule has 1 aromatic carbocycles. The Morgan fingerprint density at radius 1 is 1.00 bits per heavy atom. The summed E-state index contributed by atoms with van der Waals surface area (Å²) in [5.74, 6) is -0.437. The number of furan rings is 1. The highest BCUT2D eigenvalue weighted by Gasteiger charge is 2.52. The average Bonchev–Trinajstić information content (AvgIpc) is 3.21. The lowest BCUT2D eigenvalue weighted by atomic mass is 10.2. The number of carbonyl (C=O) groups excluding carboxylic acids is 1. The van der Waals surface area contributed by atoms with E-state index in [2.05, 4.69) is 25.8 Å². The lowest BCUT2D eigenvalue weighted by Crippen LogP contribution is -2.41. The topological polar surface area (TPSA) is 80.0 Å². The van der Waals surface area contributed by atoms with Gasteiger partial charge >= 0.3 is 24.5 Å². The number of hydrogen-bond donors (Lipinski definition) is 0. The van der Waals surface area contributed by atoms with Gasteiger partial charge in [0.1, 0.15) is 17.1 Å². The summed E-state index contributed by atoms with van der Waals surface area (Å²) in [6.07, 6.45) is -14.4. The van der Waals surface area contributed by atoms with E-state index in [1.54, 1.807) is 36.7 Å². The summed E-state index contributed by atoms with van der Waals surface area (Å²) in [5.41, 5.74) is 0.966. The summed E-state index contributed by atoms with van der Waals surface area (Å²) in [6.45, 7) is 2.61. The zero-order valence-corrected chi connectivity index (χ0v) is 19.3. The maximum Gasteiger partial charge on any atom is 0.494 e. The second kappa shape index (κ2) is 11.2. The first-order valence-corrected chi connectivity index (χ1v) is 10.7. The van der Waals surface area contributed by atoms with E-state index >= 15 is 0 Å². The van der Waals surface area contributed by atoms with Crippen molar-refractivity contribution < 1.29 is 54.5 Å². The van der Waals surface area contributed by atoms with Gasteiger partial charge in [0.2, 0.25) is 0 Å². The summed E-state index contributed by atoms with van der Waals surface area (Å²) in [5, 5.41) is 0.687. The predicted molar refractivity (Wildman–Crippen MR) is 117 cm³/mol. The third-order valence-electron chi connectivity index (χ3n) is 4.61. The fourth-order valence-corrected chi connectivity index (χ4v) is 2.90. The van der Waals surface area contributed by atoms with Crippen LogP contribution in [-0.4, -0.2) is 42.7 Å². The predicted octanol–water partition coefficient (Wildman–Crippen LogP) is 6.54. The van der Waals surface area contributed by atoms with E-state index in [0.29, 0.717) is 22.3 Å². The first-order chi connectivity index (χ1) is 17.3. The molecule has 0 saturated carbocycles. The van der Waals surface area contributed by atoms with E-state index in [4.69, 9.17) is 9.15 Å². The lowest BCUT2D eigenvalue weighted by Gasteiger charge is -2.26. The van der Waals surface area contributed by atoms with Crippen molar-refractivity contribution in [3.63, 3.8) is 0 Å². The normalized spacial score (nSPS) is 12.5. The summed E-state index contributed by atoms with van der Waals surface area (Å²) >= 11 is 0. The number of rotatable bonds is 13. The SMILES string of the molecule is C=C(C)C(=O)OCCC(F)(F)OC(F)(F)OC(F)(F)CCOc1ccc2cc(-c3cccnc3)oc2c1. The number of pyridine rings is 1. The fraction of sp³-hybridized carbons (Fsp3) is 0.333. The van der Waals surface area contributed by atoms with E-state index in [1.807, 2.05) is 0 Å². The van der Waals surface area contributed by atoms with Crippen LogP contribution < -0.4 is 4.74 Å². The van der Waals surface area contributed by atoms with Crippen LogP contribution in [-0.2, 0) is 19.0 Å². The summed E-state index contributed by atoms with van der Waals surface area (Å²) in [4.78, 5) is 15.1. The Kier molecular flexibility index (Phi) is 8.49. The van der Waals surface area contributed by atoms with Crippen LogP contribution in [0.1, 0.15) is 19.8 Å². The molecule has 0 amide bonds. The first-order valence-electron chi connectivity index (χ1n) is 10.7. The second-order valence-electron chi connectivity index (χ2n) is 7.76. The molecule has 2 aromatic heterocycles. The number of carbonyl (C=O) groups is 1. The number of hydrogen-bond acceptors (Lipinski definition) is 7. The van der Waals surface area contributed by atoms with Crippen LogP contribution in [0.4, 0.5) is 26.3 Å². The van der Waals surface area contributed by atoms with E-state index < -0.39 is 50.5 Å². The molecule has 0 aliphatic heterocycles. The number of aromatic nitrogens is 1. The van der Waals surface area contributed by atoms with Crippen LogP contribution in [0.3, 0.4) is 0 Å². The molecule has 0 bridgehead atoms. The van der Waals surface area contributed by atoms with Gasteiger partial charge in [-0.2, -0.15) is 17.6 Å². The van der Waals surface area contributed by atoms with Crippen LogP contribution in [0.15, 0.2) is 65.4 Å². The van der Waals surface area contributed by atoms with E-state index in [0.717, 1.165) is 0 Å². The number of fused-ring (bicyclic) bond motifs is 1. The van der Waals surface area contributed by atoms with Crippen LogP contribution in [0.5, 0.6) is 5.75 Å². The third kappa shape index (κ3) is 8.50. The monoisotopic (exact) mass is 533 g/mol. The van der Waals surface area contributed by atoms with Crippen LogP contribution in [0.2, 0.25) is 0 Å². The number of nitrogens with zero attached hydrogens (tertiary/aromatic N) is 1. The lowest BCUT2D eigenvalue weighted by molar-refractivity contribution is -0.514. The van der Waals surface area contributed by atoms with Crippen molar-refractivity contribution in [2.45, 2.75) is 38.3 Å². The molecular formula is C24H21F6NO6. The molecule has 0 atom stereocenters. The highest BCUT2D eigenvalue weighted by atomic mass is 19.3. The number of benzene rings is 1. The van der Waals surface area contributed by atoms with Crippen molar-refractivity contribution in [3.8, 4) is 17.1 Å². The standard InChI is InChI=1S/C24H21F6NO6/c1-15(2)21(32)34-11-8-23(27,28)37-24(29,30)36-22(25,26)7-10-33-18-6-5-16-12-19(35-20(16)13-18)17-4-3-9-31-14-17/h3-6,9,12-14H,1,7-8,10-11H2,2H3. The third-order valence-corrected chi connectivity index (χ3v) is 4.61. The molecule has 3 rings (SSSR count). The van der Waals surface area contributed by atoms with E-state index in [1.165, 1.54) is 19.1 Å². The molecule has 200 valence electrons. The van der Waals surface area contributed by atoms with Crippen LogP contribution in [0.25, 0.3) is 22.3 Å². The largest absolute Gasteiger partial charge is 0.494 e. The molecule has 0 aliphatic rings. The Bertz CT molecular complexity index is 1230. The van der Waals surface area contributed by atoms with Gasteiger partial charge in [-0.3, -0.25) is 4.98 Å². The van der Waals surface area contributed by atoms with Gasteiger partial charge in [0.15, 0.2) is 0 Å². The van der Waals surface area contributed by atoms with Crippen molar-refractivity contribution in [2.24, 2.45) is 0 Å². The Morgan fingerprint density at radius 2 is 1.68 bits per heavy atom. The first kappa shape index (κ1) is 28.0. The van der Waals surface area contributed by atoms with Gasteiger partial charge in [0.05, 0.1) is 26.1 Å². The average molecular weight is 533 g/mol. The minimum Gasteiger partial charge on any atom is -0.493 e. The maximum absolute atomic E-state index is 13.9. The number of ether oxygens (including phenoxy) is 4. The van der Waals surface area contributed by atoms with Gasteiger partial charge in [0.25, 0.3) is 0 Å². The van der Waals surface area contributed by atoms with E-state index in [-0.39, 0.29) is 11.3 Å². The van der Waals surface area contributed by atoms with Crippen LogP contribution >= 0.6 is 0 Å². The van der Waals surface area contributed by atoms with Crippen molar-refractivity contribution in [3.05, 3.63) is 60.9 Å². The number of alkyl halides is 6. The van der Waals surface area contributed by atoms with Gasteiger partial charge in [0, 0.05) is 35.0 Å². The molecule has 7 nitrogen and oxygen atoms in total. The molecule has 0 saturated heterocycles. The Labute approximate surface area is 206 Å². The Hall–Kier alpha value is -3.58. The Balaban J connectivity index is 1.51. The molecule has 0 N–H and O–H groups in total. The second-order valence-corrected chi connectivity index (χ2v) is 7.76. The zero-order valence-electron chi connectivity index (χ0n) is 19.3. The van der Waals surface area contributed by atoms with Crippen molar-refractivity contribution in [1.82, 2.24) is 4.98 Å². The number of halogens is 6. The van der Waals surface area contributed by atoms with Gasteiger partial charge in [-0.05, 0) is 37.3 Å². The highest BCUT2D eigenvalue weighted by Crippen LogP contribution is 2.36. The summed E-state index contributed by atoms with van der Waals surface area (Å²) in [6, 6.07) is 9.69. The van der Waals surface area contributed by atoms with Gasteiger partial charge < -0.3 is 13.9 Å². The summed E-state index contributed by atoms with van der Waals surface area (Å²) < 4.78 is 104. The highest BCUT2D eigenvalue weighted by molar-refractivity contribution is 5.87. The summed E-state index contributed by atoms with van der Waals surface area (Å²) in [7, 11) is 0. The van der Waals surface area contributed by atoms with Crippen LogP contribution in [0, 0.1) is 0 Å². The molecule has 0 unspecified atom stereocenters. The maximum atomic E-state index is 13.9. The van der Waals surface area contributed by atoms with Crippen molar-refractivity contribution in [2.75, 3.05) is 13.2 Å². The van der Waals surface area contributed by atoms with Gasteiger partial charge in [-0.1, -0.05) is 6.58 Å².